The molecule has 28 heavy (non-hydrogen) atoms. The smallest absolute Gasteiger partial charge is 0.200 e. The van der Waals surface area contributed by atoms with Crippen molar-refractivity contribution in [2.24, 2.45) is 4.99 Å². The summed E-state index contributed by atoms with van der Waals surface area (Å²) in [5.74, 6) is 0.576. The van der Waals surface area contributed by atoms with Crippen molar-refractivity contribution < 1.29 is 18.6 Å². The molecule has 2 aromatic carbocycles. The van der Waals surface area contributed by atoms with Gasteiger partial charge in [-0.15, -0.1) is 0 Å². The molecule has 0 saturated carbocycles. The molecule has 0 fully saturated rings. The molecule has 0 aliphatic carbocycles. The van der Waals surface area contributed by atoms with Crippen molar-refractivity contribution >= 4 is 22.9 Å². The maximum absolute atomic E-state index is 13.0. The van der Waals surface area contributed by atoms with Gasteiger partial charge in [0.05, 0.1) is 29.9 Å². The average molecular weight is 379 g/mol. The molecule has 0 unspecified atom stereocenters. The molecular formula is C22H21NO5. The first-order valence-electron chi connectivity index (χ1n) is 9.17. The molecular weight excluding hydrogens is 358 g/mol. The van der Waals surface area contributed by atoms with Crippen molar-refractivity contribution in [2.45, 2.75) is 12.8 Å². The summed E-state index contributed by atoms with van der Waals surface area (Å²) >= 11 is 0. The van der Waals surface area contributed by atoms with Gasteiger partial charge in [0.1, 0.15) is 17.6 Å². The van der Waals surface area contributed by atoms with Crippen LogP contribution in [0.1, 0.15) is 12.0 Å². The lowest BCUT2D eigenvalue weighted by Gasteiger charge is -2.11. The minimum absolute atomic E-state index is 0.0663. The van der Waals surface area contributed by atoms with Crippen LogP contribution >= 0.6 is 0 Å². The minimum Gasteiger partial charge on any atom is -0.467 e. The van der Waals surface area contributed by atoms with Gasteiger partial charge in [0, 0.05) is 19.4 Å². The monoisotopic (exact) mass is 379 g/mol. The Labute approximate surface area is 162 Å². The van der Waals surface area contributed by atoms with Crippen LogP contribution in [0.15, 0.2) is 56.9 Å². The molecule has 0 saturated heterocycles. The lowest BCUT2D eigenvalue weighted by atomic mass is 9.98. The number of hydrogen-bond donors (Lipinski definition) is 0. The number of aliphatic imine (C=N–C) groups is 1. The first-order chi connectivity index (χ1) is 13.8. The molecule has 2 heterocycles. The maximum atomic E-state index is 13.0. The first kappa shape index (κ1) is 18.4. The quantitative estimate of drug-likeness (QED) is 0.456. The lowest BCUT2D eigenvalue weighted by Crippen LogP contribution is -2.08. The highest BCUT2D eigenvalue weighted by molar-refractivity contribution is 5.83. The third-order valence-electron chi connectivity index (χ3n) is 4.65. The molecule has 0 spiro atoms. The lowest BCUT2D eigenvalue weighted by molar-refractivity contribution is -0.00843. The Kier molecular flexibility index (Phi) is 5.50. The van der Waals surface area contributed by atoms with E-state index in [4.69, 9.17) is 18.6 Å². The Morgan fingerprint density at radius 2 is 2.07 bits per heavy atom. The van der Waals surface area contributed by atoms with Crippen molar-refractivity contribution in [3.05, 3.63) is 58.4 Å². The van der Waals surface area contributed by atoms with E-state index in [0.29, 0.717) is 35.5 Å². The molecule has 6 heteroatoms. The molecule has 0 N–H and O–H groups in total. The number of aryl methyl sites for hydroxylation is 1. The predicted octanol–water partition coefficient (Wildman–Crippen LogP) is 4.11. The minimum atomic E-state index is -0.0663. The fraction of sp³-hybridized carbons (Fsp3) is 0.273. The zero-order valence-corrected chi connectivity index (χ0v) is 15.6. The van der Waals surface area contributed by atoms with Crippen LogP contribution in [0, 0.1) is 0 Å². The molecule has 1 aliphatic heterocycles. The van der Waals surface area contributed by atoms with E-state index in [2.05, 4.69) is 4.99 Å². The summed E-state index contributed by atoms with van der Waals surface area (Å²) in [6.45, 7) is 1.07. The molecule has 1 aromatic heterocycles. The number of benzene rings is 2. The highest BCUT2D eigenvalue weighted by atomic mass is 16.7. The van der Waals surface area contributed by atoms with E-state index in [1.165, 1.54) is 6.26 Å². The van der Waals surface area contributed by atoms with Crippen molar-refractivity contribution in [1.82, 2.24) is 0 Å². The van der Waals surface area contributed by atoms with E-state index in [-0.39, 0.29) is 12.2 Å². The zero-order chi connectivity index (χ0) is 19.3. The predicted molar refractivity (Wildman–Crippen MR) is 108 cm³/mol. The fourth-order valence-electron chi connectivity index (χ4n) is 3.17. The van der Waals surface area contributed by atoms with Crippen LogP contribution in [0.3, 0.4) is 0 Å². The summed E-state index contributed by atoms with van der Waals surface area (Å²) < 4.78 is 21.5. The van der Waals surface area contributed by atoms with E-state index in [9.17, 15) is 4.79 Å². The maximum Gasteiger partial charge on any atom is 0.200 e. The molecule has 4 rings (SSSR count). The van der Waals surface area contributed by atoms with Gasteiger partial charge in [-0.05, 0) is 48.2 Å². The molecule has 1 aliphatic rings. The van der Waals surface area contributed by atoms with E-state index in [1.54, 1.807) is 25.3 Å². The molecule has 0 atom stereocenters. The van der Waals surface area contributed by atoms with Gasteiger partial charge in [-0.25, -0.2) is 0 Å². The number of fused-ring (bicyclic) bond motifs is 2. The molecule has 3 aromatic rings. The largest absolute Gasteiger partial charge is 0.467 e. The van der Waals surface area contributed by atoms with Crippen molar-refractivity contribution in [1.29, 1.82) is 0 Å². The second kappa shape index (κ2) is 8.37. The summed E-state index contributed by atoms with van der Waals surface area (Å²) in [5.41, 5.74) is 3.92. The second-order valence-corrected chi connectivity index (χ2v) is 6.49. The van der Waals surface area contributed by atoms with E-state index >= 15 is 0 Å². The molecule has 0 bridgehead atoms. The third kappa shape index (κ3) is 3.83. The number of methoxy groups -OCH3 is 1. The third-order valence-corrected chi connectivity index (χ3v) is 4.65. The van der Waals surface area contributed by atoms with Crippen molar-refractivity contribution in [2.75, 3.05) is 27.1 Å². The van der Waals surface area contributed by atoms with E-state index in [1.807, 2.05) is 24.4 Å². The highest BCUT2D eigenvalue weighted by Gasteiger charge is 2.13. The molecule has 0 amide bonds. The van der Waals surface area contributed by atoms with Crippen LogP contribution < -0.4 is 10.2 Å². The molecule has 0 radical (unpaired) electrons. The van der Waals surface area contributed by atoms with Gasteiger partial charge in [0.15, 0.2) is 12.2 Å². The standard InChI is InChI=1S/C22H21NO5/c1-25-9-10-26-14-28-17-5-6-18-21(12-17)27-13-19(22(18)24)15-4-7-20-16(11-15)3-2-8-23-20/h4-8,11-13H,2-3,9-10,14H2,1H3. The fourth-order valence-corrected chi connectivity index (χ4v) is 3.17. The summed E-state index contributed by atoms with van der Waals surface area (Å²) in [4.78, 5) is 17.4. The Bertz CT molecular complexity index is 1070. The van der Waals surface area contributed by atoms with E-state index in [0.717, 1.165) is 29.7 Å². The Balaban J connectivity index is 1.58. The summed E-state index contributed by atoms with van der Waals surface area (Å²) in [6.07, 6.45) is 5.28. The van der Waals surface area contributed by atoms with Gasteiger partial charge < -0.3 is 18.6 Å². The topological polar surface area (TPSA) is 70.3 Å². The Morgan fingerprint density at radius 1 is 1.14 bits per heavy atom. The van der Waals surface area contributed by atoms with Crippen molar-refractivity contribution in [3.8, 4) is 16.9 Å². The summed E-state index contributed by atoms with van der Waals surface area (Å²) in [5, 5.41) is 0.515. The number of hydrogen-bond acceptors (Lipinski definition) is 6. The summed E-state index contributed by atoms with van der Waals surface area (Å²) in [6, 6.07) is 11.0. The van der Waals surface area contributed by atoms with Gasteiger partial charge >= 0.3 is 0 Å². The van der Waals surface area contributed by atoms with Crippen LogP contribution in [-0.4, -0.2) is 33.3 Å². The highest BCUT2D eigenvalue weighted by Crippen LogP contribution is 2.29. The zero-order valence-electron chi connectivity index (χ0n) is 15.6. The van der Waals surface area contributed by atoms with Gasteiger partial charge in [0.25, 0.3) is 0 Å². The Morgan fingerprint density at radius 3 is 2.96 bits per heavy atom. The van der Waals surface area contributed by atoms with Crippen LogP contribution in [0.4, 0.5) is 5.69 Å². The molecule has 144 valence electrons. The van der Waals surface area contributed by atoms with Crippen LogP contribution in [0.2, 0.25) is 0 Å². The van der Waals surface area contributed by atoms with Crippen molar-refractivity contribution in [3.63, 3.8) is 0 Å². The second-order valence-electron chi connectivity index (χ2n) is 6.49. The normalized spacial score (nSPS) is 12.9. The first-order valence-corrected chi connectivity index (χ1v) is 9.17. The van der Waals surface area contributed by atoms with E-state index < -0.39 is 0 Å². The van der Waals surface area contributed by atoms with Gasteiger partial charge in [-0.3, -0.25) is 9.79 Å². The number of rotatable bonds is 7. The Hall–Kier alpha value is -2.96. The van der Waals surface area contributed by atoms with Gasteiger partial charge in [-0.1, -0.05) is 6.07 Å². The number of ether oxygens (including phenoxy) is 3. The number of nitrogens with zero attached hydrogens (tertiary/aromatic N) is 1. The van der Waals surface area contributed by atoms with Crippen LogP contribution in [0.5, 0.6) is 5.75 Å². The molecule has 6 nitrogen and oxygen atoms in total. The average Bonchev–Trinajstić information content (AvgIpc) is 2.73. The summed E-state index contributed by atoms with van der Waals surface area (Å²) in [7, 11) is 1.61. The van der Waals surface area contributed by atoms with Crippen LogP contribution in [0.25, 0.3) is 22.1 Å². The van der Waals surface area contributed by atoms with Crippen LogP contribution in [-0.2, 0) is 15.9 Å². The SMILES string of the molecule is COCCOCOc1ccc2c(=O)c(-c3ccc4c(c3)CCC=N4)coc2c1. The van der Waals surface area contributed by atoms with Gasteiger partial charge in [-0.2, -0.15) is 0 Å². The van der Waals surface area contributed by atoms with Gasteiger partial charge in [0.2, 0.25) is 0 Å².